The molecule has 28 heavy (non-hydrogen) atoms. The summed E-state index contributed by atoms with van der Waals surface area (Å²) in [5, 5.41) is 4.66. The quantitative estimate of drug-likeness (QED) is 0.573. The van der Waals surface area contributed by atoms with E-state index in [2.05, 4.69) is 47.6 Å². The maximum atomic E-state index is 10.5. The van der Waals surface area contributed by atoms with Gasteiger partial charge >= 0.3 is 0 Å². The topological polar surface area (TPSA) is 82.2 Å². The largest absolute Gasteiger partial charge is 0.355 e. The smallest absolute Gasteiger partial charge is 0.294 e. The van der Waals surface area contributed by atoms with Crippen molar-refractivity contribution in [3.05, 3.63) is 71.4 Å². The van der Waals surface area contributed by atoms with Crippen LogP contribution >= 0.6 is 0 Å². The van der Waals surface area contributed by atoms with Crippen molar-refractivity contribution >= 4 is 26.6 Å². The lowest BCUT2D eigenvalue weighted by atomic mass is 10.1. The highest BCUT2D eigenvalue weighted by Crippen LogP contribution is 2.24. The zero-order valence-corrected chi connectivity index (χ0v) is 17.0. The van der Waals surface area contributed by atoms with Crippen LogP contribution in [-0.4, -0.2) is 31.0 Å². The van der Waals surface area contributed by atoms with Crippen LogP contribution in [0.3, 0.4) is 0 Å². The van der Waals surface area contributed by atoms with Gasteiger partial charge in [-0.05, 0) is 61.7 Å². The van der Waals surface area contributed by atoms with Gasteiger partial charge in [0, 0.05) is 23.1 Å². The molecule has 0 aliphatic carbocycles. The van der Waals surface area contributed by atoms with Crippen molar-refractivity contribution in [2.24, 2.45) is 0 Å². The Balaban J connectivity index is 0.000000178. The summed E-state index contributed by atoms with van der Waals surface area (Å²) in [6.07, 6.45) is 4.50. The first kappa shape index (κ1) is 20.3. The van der Waals surface area contributed by atoms with Gasteiger partial charge in [0.2, 0.25) is 0 Å². The van der Waals surface area contributed by atoms with Crippen LogP contribution < -0.4 is 5.32 Å². The third kappa shape index (κ3) is 5.10. The van der Waals surface area contributed by atoms with Gasteiger partial charge in [0.1, 0.15) is 0 Å². The number of benzene rings is 2. The van der Waals surface area contributed by atoms with Crippen molar-refractivity contribution < 1.29 is 13.0 Å². The van der Waals surface area contributed by atoms with Gasteiger partial charge in [-0.25, -0.2) is 0 Å². The molecule has 4 rings (SSSR count). The molecule has 0 amide bonds. The predicted octanol–water partition coefficient (Wildman–Crippen LogP) is 4.35. The van der Waals surface area contributed by atoms with Gasteiger partial charge in [0.05, 0.1) is 4.90 Å². The van der Waals surface area contributed by atoms with E-state index in [1.165, 1.54) is 39.9 Å². The van der Waals surface area contributed by atoms with Crippen molar-refractivity contribution in [3.8, 4) is 0 Å². The zero-order chi connectivity index (χ0) is 20.1. The van der Waals surface area contributed by atoms with Crippen LogP contribution in [0, 0.1) is 6.92 Å². The fourth-order valence-electron chi connectivity index (χ4n) is 3.14. The monoisotopic (exact) mass is 398 g/mol. The average molecular weight is 399 g/mol. The minimum Gasteiger partial charge on any atom is -0.355 e. The second-order valence-electron chi connectivity index (χ2n) is 6.93. The maximum Gasteiger partial charge on any atom is 0.294 e. The third-order valence-electron chi connectivity index (χ3n) is 4.82. The van der Waals surface area contributed by atoms with Crippen LogP contribution in [0.2, 0.25) is 0 Å². The number of fused-ring (bicyclic) bond motifs is 1. The van der Waals surface area contributed by atoms with E-state index in [0.717, 1.165) is 31.5 Å². The van der Waals surface area contributed by atoms with E-state index >= 15 is 0 Å². The molecule has 6 heteroatoms. The van der Waals surface area contributed by atoms with Crippen molar-refractivity contribution in [3.63, 3.8) is 0 Å². The summed E-state index contributed by atoms with van der Waals surface area (Å²) in [7, 11) is -4.02. The molecule has 5 nitrogen and oxygen atoms in total. The Morgan fingerprint density at radius 1 is 1.07 bits per heavy atom. The molecular weight excluding hydrogens is 372 g/mol. The summed E-state index contributed by atoms with van der Waals surface area (Å²) in [4.78, 5) is 3.48. The van der Waals surface area contributed by atoms with Gasteiger partial charge in [-0.1, -0.05) is 42.8 Å². The first-order chi connectivity index (χ1) is 13.4. The van der Waals surface area contributed by atoms with Gasteiger partial charge in [-0.15, -0.1) is 0 Å². The molecule has 1 aliphatic heterocycles. The number of aromatic nitrogens is 1. The number of hydrogen-bond acceptors (Lipinski definition) is 3. The van der Waals surface area contributed by atoms with Gasteiger partial charge in [0.15, 0.2) is 0 Å². The normalized spacial score (nSPS) is 14.3. The molecule has 0 unspecified atom stereocenters. The van der Waals surface area contributed by atoms with Crippen molar-refractivity contribution in [1.29, 1.82) is 0 Å². The number of hydrogen-bond donors (Lipinski definition) is 3. The van der Waals surface area contributed by atoms with Crippen LogP contribution in [0.25, 0.3) is 16.5 Å². The van der Waals surface area contributed by atoms with E-state index in [4.69, 9.17) is 4.55 Å². The summed E-state index contributed by atoms with van der Waals surface area (Å²) in [5.41, 5.74) is 6.34. The molecular formula is C22H26N2O3S. The van der Waals surface area contributed by atoms with E-state index in [1.54, 1.807) is 12.1 Å². The second-order valence-corrected chi connectivity index (χ2v) is 8.35. The fraction of sp³-hybridized carbons (Fsp3) is 0.273. The van der Waals surface area contributed by atoms with E-state index in [9.17, 15) is 8.42 Å². The summed E-state index contributed by atoms with van der Waals surface area (Å²) in [5.74, 6) is 0. The molecule has 1 aromatic heterocycles. The lowest BCUT2D eigenvalue weighted by molar-refractivity contribution is 0.483. The molecule has 3 aromatic rings. The Bertz CT molecular complexity index is 1080. The Labute approximate surface area is 166 Å². The number of aromatic amines is 1. The highest BCUT2D eigenvalue weighted by molar-refractivity contribution is 7.85. The molecule has 0 atom stereocenters. The summed E-state index contributed by atoms with van der Waals surface area (Å²) < 4.78 is 29.6. The molecule has 2 aromatic carbocycles. The maximum absolute atomic E-state index is 10.5. The standard InChI is InChI=1S/C15H18N2.C7H8O3S/c1-2-11-3-4-13-10-15(17-14(13)9-11)12-5-7-16-8-6-12;1-6-2-4-7(5-3-6)11(8,9)10/h3-5,9-10,16-17H,2,6-8H2,1H3;2-5H,1H3,(H,8,9,10). The number of H-pyrrole nitrogens is 1. The molecule has 0 fully saturated rings. The molecule has 0 radical (unpaired) electrons. The van der Waals surface area contributed by atoms with Crippen molar-refractivity contribution in [2.45, 2.75) is 31.6 Å². The second kappa shape index (κ2) is 8.73. The highest BCUT2D eigenvalue weighted by Gasteiger charge is 2.09. The predicted molar refractivity (Wildman–Crippen MR) is 114 cm³/mol. The molecule has 1 aliphatic rings. The minimum atomic E-state index is -4.02. The summed E-state index contributed by atoms with van der Waals surface area (Å²) in [6, 6.07) is 15.0. The van der Waals surface area contributed by atoms with Gasteiger partial charge in [-0.2, -0.15) is 8.42 Å². The third-order valence-corrected chi connectivity index (χ3v) is 5.69. The first-order valence-corrected chi connectivity index (χ1v) is 10.9. The summed E-state index contributed by atoms with van der Waals surface area (Å²) in [6.45, 7) is 6.11. The fourth-order valence-corrected chi connectivity index (χ4v) is 3.62. The average Bonchev–Trinajstić information content (AvgIpc) is 3.12. The van der Waals surface area contributed by atoms with Crippen LogP contribution in [0.15, 0.2) is 59.5 Å². The van der Waals surface area contributed by atoms with E-state index < -0.39 is 10.1 Å². The first-order valence-electron chi connectivity index (χ1n) is 9.43. The van der Waals surface area contributed by atoms with Gasteiger partial charge < -0.3 is 10.3 Å². The SMILES string of the molecule is CCc1ccc2cc(C3=CCNCC3)[nH]c2c1.Cc1ccc(S(=O)(=O)O)cc1. The number of aryl methyl sites for hydroxylation is 2. The van der Waals surface area contributed by atoms with Gasteiger partial charge in [0.25, 0.3) is 10.1 Å². The lowest BCUT2D eigenvalue weighted by Crippen LogP contribution is -2.20. The zero-order valence-electron chi connectivity index (χ0n) is 16.2. The Morgan fingerprint density at radius 3 is 2.43 bits per heavy atom. The minimum absolute atomic E-state index is 0.0666. The molecule has 2 heterocycles. The van der Waals surface area contributed by atoms with Crippen LogP contribution in [0.5, 0.6) is 0 Å². The van der Waals surface area contributed by atoms with Crippen LogP contribution in [0.1, 0.15) is 30.2 Å². The number of rotatable bonds is 3. The van der Waals surface area contributed by atoms with Crippen molar-refractivity contribution in [2.75, 3.05) is 13.1 Å². The Hall–Kier alpha value is -2.41. The molecule has 0 spiro atoms. The number of nitrogens with one attached hydrogen (secondary N) is 2. The summed E-state index contributed by atoms with van der Waals surface area (Å²) >= 11 is 0. The van der Waals surface area contributed by atoms with Crippen LogP contribution in [0.4, 0.5) is 0 Å². The van der Waals surface area contributed by atoms with Crippen molar-refractivity contribution in [1.82, 2.24) is 10.3 Å². The van der Waals surface area contributed by atoms with E-state index in [1.807, 2.05) is 6.92 Å². The highest BCUT2D eigenvalue weighted by atomic mass is 32.2. The molecule has 0 bridgehead atoms. The molecule has 148 valence electrons. The van der Waals surface area contributed by atoms with E-state index in [-0.39, 0.29) is 4.90 Å². The molecule has 0 saturated heterocycles. The Kier molecular flexibility index (Phi) is 6.34. The van der Waals surface area contributed by atoms with Crippen LogP contribution in [-0.2, 0) is 16.5 Å². The lowest BCUT2D eigenvalue weighted by Gasteiger charge is -2.12. The van der Waals surface area contributed by atoms with E-state index in [0.29, 0.717) is 0 Å². The van der Waals surface area contributed by atoms with Gasteiger partial charge in [-0.3, -0.25) is 4.55 Å². The molecule has 3 N–H and O–H groups in total. The molecule has 0 saturated carbocycles. The Morgan fingerprint density at radius 2 is 1.82 bits per heavy atom.